The molecular formula is C21H29NO2. The highest BCUT2D eigenvalue weighted by Crippen LogP contribution is 2.35. The molecule has 1 aromatic rings. The Bertz CT molecular complexity index is 594. The van der Waals surface area contributed by atoms with E-state index in [9.17, 15) is 9.59 Å². The zero-order chi connectivity index (χ0) is 17.5. The van der Waals surface area contributed by atoms with Gasteiger partial charge < -0.3 is 14.5 Å². The van der Waals surface area contributed by atoms with Crippen molar-refractivity contribution in [3.8, 4) is 0 Å². The van der Waals surface area contributed by atoms with E-state index in [0.29, 0.717) is 12.8 Å². The van der Waals surface area contributed by atoms with Gasteiger partial charge in [-0.25, -0.2) is 0 Å². The van der Waals surface area contributed by atoms with Crippen molar-refractivity contribution in [2.24, 2.45) is 5.92 Å². The molecule has 0 radical (unpaired) electrons. The minimum atomic E-state index is -0.262. The van der Waals surface area contributed by atoms with Crippen LogP contribution in [0.15, 0.2) is 24.8 Å². The number of hydrogen-bond acceptors (Lipinski definition) is 3. The van der Waals surface area contributed by atoms with Crippen LogP contribution in [0.2, 0.25) is 0 Å². The molecule has 3 heteroatoms. The SMILES string of the molecule is C=C1c2ccc(CC(CC)CCC)cc2CN1C(C=O)CCC=O. The largest absolute Gasteiger partial charge is 0.357 e. The number of carbonyl (C=O) groups is 2. The minimum absolute atomic E-state index is 0.262. The highest BCUT2D eigenvalue weighted by Gasteiger charge is 2.28. The predicted octanol–water partition coefficient (Wildman–Crippen LogP) is 4.39. The number of nitrogens with zero attached hydrogens (tertiary/aromatic N) is 1. The Hall–Kier alpha value is -1.90. The van der Waals surface area contributed by atoms with Crippen LogP contribution in [0.25, 0.3) is 5.70 Å². The van der Waals surface area contributed by atoms with Crippen molar-refractivity contribution in [1.82, 2.24) is 4.90 Å². The molecule has 0 bridgehead atoms. The molecule has 0 amide bonds. The van der Waals surface area contributed by atoms with Crippen LogP contribution >= 0.6 is 0 Å². The Labute approximate surface area is 145 Å². The molecule has 1 aliphatic heterocycles. The molecule has 2 unspecified atom stereocenters. The second-order valence-electron chi connectivity index (χ2n) is 6.78. The minimum Gasteiger partial charge on any atom is -0.357 e. The number of rotatable bonds is 10. The molecule has 3 nitrogen and oxygen atoms in total. The summed E-state index contributed by atoms with van der Waals surface area (Å²) in [5, 5.41) is 0. The summed E-state index contributed by atoms with van der Waals surface area (Å²) in [6, 6.07) is 6.36. The Morgan fingerprint density at radius 3 is 2.67 bits per heavy atom. The fourth-order valence-corrected chi connectivity index (χ4v) is 3.67. The van der Waals surface area contributed by atoms with E-state index in [1.807, 2.05) is 4.90 Å². The van der Waals surface area contributed by atoms with Crippen molar-refractivity contribution in [1.29, 1.82) is 0 Å². The zero-order valence-electron chi connectivity index (χ0n) is 15.0. The quantitative estimate of drug-likeness (QED) is 0.598. The molecule has 0 fully saturated rings. The molecule has 0 N–H and O–H groups in total. The number of aldehydes is 2. The maximum absolute atomic E-state index is 11.4. The van der Waals surface area contributed by atoms with Crippen molar-refractivity contribution in [3.05, 3.63) is 41.5 Å². The first-order valence-electron chi connectivity index (χ1n) is 9.11. The fraction of sp³-hybridized carbons (Fsp3) is 0.524. The maximum Gasteiger partial charge on any atom is 0.142 e. The van der Waals surface area contributed by atoms with Gasteiger partial charge in [-0.3, -0.25) is 0 Å². The summed E-state index contributed by atoms with van der Waals surface area (Å²) in [5.41, 5.74) is 4.67. The predicted molar refractivity (Wildman–Crippen MR) is 98.6 cm³/mol. The fourth-order valence-electron chi connectivity index (χ4n) is 3.67. The molecule has 0 spiro atoms. The third kappa shape index (κ3) is 4.14. The molecule has 1 aliphatic rings. The van der Waals surface area contributed by atoms with Gasteiger partial charge in [0.1, 0.15) is 12.6 Å². The summed E-state index contributed by atoms with van der Waals surface area (Å²) in [5.74, 6) is 0.740. The van der Waals surface area contributed by atoms with Crippen LogP contribution in [-0.2, 0) is 22.6 Å². The van der Waals surface area contributed by atoms with Gasteiger partial charge in [-0.2, -0.15) is 0 Å². The van der Waals surface area contributed by atoms with Gasteiger partial charge in [0.15, 0.2) is 0 Å². The van der Waals surface area contributed by atoms with Gasteiger partial charge in [-0.05, 0) is 29.9 Å². The average molecular weight is 327 g/mol. The lowest BCUT2D eigenvalue weighted by molar-refractivity contribution is -0.112. The summed E-state index contributed by atoms with van der Waals surface area (Å²) >= 11 is 0. The molecule has 0 saturated carbocycles. The third-order valence-corrected chi connectivity index (χ3v) is 5.10. The van der Waals surface area contributed by atoms with Crippen molar-refractivity contribution in [3.63, 3.8) is 0 Å². The molecule has 2 rings (SSSR count). The smallest absolute Gasteiger partial charge is 0.142 e. The molecule has 1 aromatic carbocycles. The lowest BCUT2D eigenvalue weighted by Crippen LogP contribution is -2.31. The zero-order valence-corrected chi connectivity index (χ0v) is 15.0. The summed E-state index contributed by atoms with van der Waals surface area (Å²) in [6.07, 6.45) is 7.60. The van der Waals surface area contributed by atoms with Crippen LogP contribution < -0.4 is 0 Å². The van der Waals surface area contributed by atoms with Crippen LogP contribution in [0.3, 0.4) is 0 Å². The van der Waals surface area contributed by atoms with Gasteiger partial charge >= 0.3 is 0 Å². The molecular weight excluding hydrogens is 298 g/mol. The van der Waals surface area contributed by atoms with Crippen LogP contribution in [0.4, 0.5) is 0 Å². The van der Waals surface area contributed by atoms with Crippen LogP contribution in [0, 0.1) is 5.92 Å². The number of benzene rings is 1. The normalized spacial score (nSPS) is 15.9. The standard InChI is InChI=1S/C21H29NO2/c1-4-7-17(5-2)12-18-9-10-21-16(3)22(14-19(21)13-18)20(15-24)8-6-11-23/h9-11,13,15,17,20H,3-8,12,14H2,1-2H3. The second kappa shape index (κ2) is 8.81. The number of fused-ring (bicyclic) bond motifs is 1. The van der Waals surface area contributed by atoms with Gasteiger partial charge in [0.05, 0.1) is 6.04 Å². The van der Waals surface area contributed by atoms with E-state index in [1.165, 1.54) is 30.4 Å². The molecule has 130 valence electrons. The topological polar surface area (TPSA) is 37.4 Å². The van der Waals surface area contributed by atoms with E-state index < -0.39 is 0 Å². The lowest BCUT2D eigenvalue weighted by atomic mass is 9.91. The monoisotopic (exact) mass is 327 g/mol. The molecule has 0 aromatic heterocycles. The number of carbonyl (C=O) groups excluding carboxylic acids is 2. The Balaban J connectivity index is 2.13. The van der Waals surface area contributed by atoms with Crippen molar-refractivity contribution in [2.45, 2.75) is 65.0 Å². The summed E-state index contributed by atoms with van der Waals surface area (Å²) in [6.45, 7) is 9.39. The molecule has 0 aliphatic carbocycles. The van der Waals surface area contributed by atoms with E-state index in [-0.39, 0.29) is 6.04 Å². The molecule has 0 saturated heterocycles. The summed E-state index contributed by atoms with van der Waals surface area (Å²) < 4.78 is 0. The summed E-state index contributed by atoms with van der Waals surface area (Å²) in [7, 11) is 0. The van der Waals surface area contributed by atoms with Gasteiger partial charge in [0, 0.05) is 24.2 Å². The van der Waals surface area contributed by atoms with Gasteiger partial charge in [0.2, 0.25) is 0 Å². The van der Waals surface area contributed by atoms with Crippen molar-refractivity contribution >= 4 is 18.3 Å². The Morgan fingerprint density at radius 1 is 1.25 bits per heavy atom. The van der Waals surface area contributed by atoms with Crippen LogP contribution in [0.5, 0.6) is 0 Å². The Kier molecular flexibility index (Phi) is 6.77. The van der Waals surface area contributed by atoms with Gasteiger partial charge in [-0.15, -0.1) is 0 Å². The van der Waals surface area contributed by atoms with E-state index in [2.05, 4.69) is 38.6 Å². The molecule has 24 heavy (non-hydrogen) atoms. The van der Waals surface area contributed by atoms with Crippen LogP contribution in [0.1, 0.15) is 62.6 Å². The van der Waals surface area contributed by atoms with E-state index in [1.54, 1.807) is 0 Å². The first-order chi connectivity index (χ1) is 11.6. The Morgan fingerprint density at radius 2 is 2.04 bits per heavy atom. The van der Waals surface area contributed by atoms with Crippen molar-refractivity contribution in [2.75, 3.05) is 0 Å². The highest BCUT2D eigenvalue weighted by atomic mass is 16.1. The highest BCUT2D eigenvalue weighted by molar-refractivity contribution is 5.73. The second-order valence-corrected chi connectivity index (χ2v) is 6.78. The first-order valence-corrected chi connectivity index (χ1v) is 9.11. The molecule has 2 atom stereocenters. The van der Waals surface area contributed by atoms with Gasteiger partial charge in [-0.1, -0.05) is 57.9 Å². The summed E-state index contributed by atoms with van der Waals surface area (Å²) in [4.78, 5) is 24.1. The van der Waals surface area contributed by atoms with Crippen molar-refractivity contribution < 1.29 is 9.59 Å². The average Bonchev–Trinajstić information content (AvgIpc) is 2.91. The molecule has 1 heterocycles. The van der Waals surface area contributed by atoms with Crippen LogP contribution in [-0.4, -0.2) is 23.5 Å². The van der Waals surface area contributed by atoms with E-state index in [0.717, 1.165) is 42.7 Å². The maximum atomic E-state index is 11.4. The van der Waals surface area contributed by atoms with E-state index >= 15 is 0 Å². The third-order valence-electron chi connectivity index (χ3n) is 5.10. The van der Waals surface area contributed by atoms with Gasteiger partial charge in [0.25, 0.3) is 0 Å². The first kappa shape index (κ1) is 18.4. The van der Waals surface area contributed by atoms with E-state index in [4.69, 9.17) is 0 Å². The lowest BCUT2D eigenvalue weighted by Gasteiger charge is -2.25. The number of hydrogen-bond donors (Lipinski definition) is 0.